The van der Waals surface area contributed by atoms with Crippen molar-refractivity contribution < 1.29 is 4.79 Å². The van der Waals surface area contributed by atoms with Crippen LogP contribution in [0.15, 0.2) is 16.9 Å². The number of fused-ring (bicyclic) bond motifs is 1. The summed E-state index contributed by atoms with van der Waals surface area (Å²) < 4.78 is 1.37. The maximum absolute atomic E-state index is 13.3. The van der Waals surface area contributed by atoms with Gasteiger partial charge in [0.15, 0.2) is 0 Å². The van der Waals surface area contributed by atoms with E-state index in [4.69, 9.17) is 0 Å². The van der Waals surface area contributed by atoms with Crippen LogP contribution in [0.1, 0.15) is 93.7 Å². The smallest absolute Gasteiger partial charge is 0.277 e. The van der Waals surface area contributed by atoms with Crippen LogP contribution in [-0.4, -0.2) is 15.6 Å². The van der Waals surface area contributed by atoms with Crippen LogP contribution >= 0.6 is 0 Å². The van der Waals surface area contributed by atoms with Gasteiger partial charge in [-0.2, -0.15) is 0 Å². The van der Waals surface area contributed by atoms with Gasteiger partial charge in [0.05, 0.1) is 0 Å². The minimum absolute atomic E-state index is 0.0551. The second kappa shape index (κ2) is 7.30. The van der Waals surface area contributed by atoms with Crippen LogP contribution in [0.4, 0.5) is 0 Å². The van der Waals surface area contributed by atoms with Crippen molar-refractivity contribution in [2.45, 2.75) is 81.1 Å². The molecule has 0 bridgehead atoms. The lowest BCUT2D eigenvalue weighted by Gasteiger charge is -2.57. The van der Waals surface area contributed by atoms with Crippen LogP contribution in [-0.2, 0) is 18.9 Å². The third-order valence-corrected chi connectivity index (χ3v) is 7.76. The molecule has 3 rings (SSSR count). The van der Waals surface area contributed by atoms with Crippen molar-refractivity contribution in [1.82, 2.24) is 9.78 Å². The second-order valence-corrected chi connectivity index (χ2v) is 9.89. The zero-order chi connectivity index (χ0) is 22.5. The molecule has 1 N–H and O–H groups in total. The van der Waals surface area contributed by atoms with E-state index in [1.165, 1.54) is 15.8 Å². The Hall–Kier alpha value is -2.10. The Labute approximate surface area is 175 Å². The molecule has 29 heavy (non-hydrogen) atoms. The molecule has 0 saturated carbocycles. The molecule has 0 spiro atoms. The van der Waals surface area contributed by atoms with Gasteiger partial charge < -0.3 is 0 Å². The minimum atomic E-state index is -0.268. The molecule has 0 amide bonds. The van der Waals surface area contributed by atoms with Gasteiger partial charge in [-0.15, -0.1) is 0 Å². The SMILES string of the molecule is CC.Cc1[nH]n(C)c(=O)c1C(=O)c1ccc2c(c1C)C(C)(C)C(C)(C)C(C)(C)C2. The van der Waals surface area contributed by atoms with E-state index in [1.807, 2.05) is 26.8 Å². The molecule has 4 heteroatoms. The van der Waals surface area contributed by atoms with E-state index in [-0.39, 0.29) is 33.2 Å². The van der Waals surface area contributed by atoms with E-state index in [0.717, 1.165) is 12.0 Å². The van der Waals surface area contributed by atoms with Crippen molar-refractivity contribution in [3.05, 3.63) is 56.0 Å². The van der Waals surface area contributed by atoms with Crippen LogP contribution in [0.25, 0.3) is 0 Å². The average molecular weight is 399 g/mol. The maximum Gasteiger partial charge on any atom is 0.277 e. The molecule has 0 unspecified atom stereocenters. The third kappa shape index (κ3) is 3.21. The molecule has 1 aromatic carbocycles. The van der Waals surface area contributed by atoms with E-state index in [0.29, 0.717) is 11.3 Å². The van der Waals surface area contributed by atoms with Gasteiger partial charge >= 0.3 is 0 Å². The Morgan fingerprint density at radius 3 is 2.07 bits per heavy atom. The molecule has 1 aliphatic carbocycles. The lowest BCUT2D eigenvalue weighted by molar-refractivity contribution is 0.0150. The molecule has 0 radical (unpaired) electrons. The van der Waals surface area contributed by atoms with Crippen molar-refractivity contribution in [3.8, 4) is 0 Å². The Kier molecular flexibility index (Phi) is 5.84. The molecular weight excluding hydrogens is 360 g/mol. The fourth-order valence-corrected chi connectivity index (χ4v) is 4.98. The fourth-order valence-electron chi connectivity index (χ4n) is 4.98. The summed E-state index contributed by atoms with van der Waals surface area (Å²) in [5.41, 5.74) is 4.93. The topological polar surface area (TPSA) is 54.9 Å². The average Bonchev–Trinajstić information content (AvgIpc) is 2.86. The number of benzene rings is 1. The van der Waals surface area contributed by atoms with Crippen molar-refractivity contribution in [2.75, 3.05) is 0 Å². The minimum Gasteiger partial charge on any atom is -0.299 e. The van der Waals surface area contributed by atoms with Gasteiger partial charge in [-0.3, -0.25) is 19.4 Å². The first-order chi connectivity index (χ1) is 13.2. The molecule has 4 nitrogen and oxygen atoms in total. The Bertz CT molecular complexity index is 1000. The number of carbonyl (C=O) groups is 1. The molecule has 0 saturated heterocycles. The summed E-state index contributed by atoms with van der Waals surface area (Å²) in [7, 11) is 1.64. The first-order valence-corrected chi connectivity index (χ1v) is 10.7. The lowest BCUT2D eigenvalue weighted by atomic mass is 9.47. The molecule has 0 atom stereocenters. The number of hydrogen-bond acceptors (Lipinski definition) is 2. The first-order valence-electron chi connectivity index (χ1n) is 10.7. The van der Waals surface area contributed by atoms with Crippen LogP contribution in [0.2, 0.25) is 0 Å². The van der Waals surface area contributed by atoms with Crippen molar-refractivity contribution in [1.29, 1.82) is 0 Å². The van der Waals surface area contributed by atoms with E-state index >= 15 is 0 Å². The Balaban J connectivity index is 0.00000145. The molecule has 0 aliphatic heterocycles. The standard InChI is InChI=1S/C23H32N2O2.C2H6/c1-13-16(19(26)17-14(2)24-25(9)20(17)27)11-10-15-12-21(3,4)23(7,8)22(5,6)18(13)15;1-2/h10-11,24H,12H2,1-9H3;1-2H3. The van der Waals surface area contributed by atoms with Crippen LogP contribution in [0.3, 0.4) is 0 Å². The number of aromatic nitrogens is 2. The number of H-pyrrole nitrogens is 1. The highest BCUT2D eigenvalue weighted by Gasteiger charge is 2.53. The number of rotatable bonds is 2. The van der Waals surface area contributed by atoms with E-state index < -0.39 is 0 Å². The van der Waals surface area contributed by atoms with Crippen molar-refractivity contribution in [3.63, 3.8) is 0 Å². The van der Waals surface area contributed by atoms with Gasteiger partial charge in [-0.1, -0.05) is 67.5 Å². The lowest BCUT2D eigenvalue weighted by Crippen LogP contribution is -2.52. The fraction of sp³-hybridized carbons (Fsp3) is 0.600. The van der Waals surface area contributed by atoms with Gasteiger partial charge in [-0.25, -0.2) is 0 Å². The van der Waals surface area contributed by atoms with Crippen LogP contribution in [0.5, 0.6) is 0 Å². The number of carbonyl (C=O) groups excluding carboxylic acids is 1. The zero-order valence-electron chi connectivity index (χ0n) is 20.1. The maximum atomic E-state index is 13.3. The van der Waals surface area contributed by atoms with E-state index in [2.05, 4.69) is 52.7 Å². The summed E-state index contributed by atoms with van der Waals surface area (Å²) in [5, 5.41) is 2.93. The number of nitrogens with zero attached hydrogens (tertiary/aromatic N) is 1. The molecule has 2 aromatic rings. The Morgan fingerprint density at radius 1 is 1.03 bits per heavy atom. The number of aromatic amines is 1. The highest BCUT2D eigenvalue weighted by molar-refractivity contribution is 6.10. The van der Waals surface area contributed by atoms with Gasteiger partial charge in [-0.05, 0) is 53.2 Å². The zero-order valence-corrected chi connectivity index (χ0v) is 20.1. The third-order valence-electron chi connectivity index (χ3n) is 7.76. The largest absolute Gasteiger partial charge is 0.299 e. The van der Waals surface area contributed by atoms with E-state index in [1.54, 1.807) is 14.0 Å². The predicted octanol–water partition coefficient (Wildman–Crippen LogP) is 5.47. The van der Waals surface area contributed by atoms with Gasteiger partial charge in [0.1, 0.15) is 5.56 Å². The summed E-state index contributed by atoms with van der Waals surface area (Å²) in [6.07, 6.45) is 0.985. The summed E-state index contributed by atoms with van der Waals surface area (Å²) in [6, 6.07) is 4.01. The number of ketones is 1. The van der Waals surface area contributed by atoms with Gasteiger partial charge in [0.25, 0.3) is 5.56 Å². The van der Waals surface area contributed by atoms with Gasteiger partial charge in [0.2, 0.25) is 5.78 Å². The predicted molar refractivity (Wildman–Crippen MR) is 121 cm³/mol. The number of nitrogens with one attached hydrogen (secondary N) is 1. The highest BCUT2D eigenvalue weighted by atomic mass is 16.2. The number of hydrogen-bond donors (Lipinski definition) is 1. The highest BCUT2D eigenvalue weighted by Crippen LogP contribution is 2.59. The summed E-state index contributed by atoms with van der Waals surface area (Å²) >= 11 is 0. The Morgan fingerprint density at radius 2 is 1.59 bits per heavy atom. The van der Waals surface area contributed by atoms with E-state index in [9.17, 15) is 9.59 Å². The van der Waals surface area contributed by atoms with Crippen molar-refractivity contribution >= 4 is 5.78 Å². The second-order valence-electron chi connectivity index (χ2n) is 9.89. The first kappa shape index (κ1) is 23.2. The molecule has 160 valence electrons. The monoisotopic (exact) mass is 398 g/mol. The van der Waals surface area contributed by atoms with Gasteiger partial charge in [0, 0.05) is 18.3 Å². The molecule has 0 fully saturated rings. The van der Waals surface area contributed by atoms with Crippen LogP contribution in [0, 0.1) is 24.7 Å². The molecular formula is C25H38N2O2. The summed E-state index contributed by atoms with van der Waals surface area (Å²) in [6.45, 7) is 21.7. The summed E-state index contributed by atoms with van der Waals surface area (Å²) in [4.78, 5) is 25.7. The van der Waals surface area contributed by atoms with Crippen molar-refractivity contribution in [2.24, 2.45) is 17.9 Å². The summed E-state index contributed by atoms with van der Waals surface area (Å²) in [5.74, 6) is -0.187. The normalized spacial score (nSPS) is 18.4. The van der Waals surface area contributed by atoms with Crippen LogP contribution < -0.4 is 5.56 Å². The number of aryl methyl sites for hydroxylation is 2. The molecule has 1 heterocycles. The molecule has 1 aromatic heterocycles. The molecule has 1 aliphatic rings. The quantitative estimate of drug-likeness (QED) is 0.682.